The van der Waals surface area contributed by atoms with Crippen LogP contribution in [-0.4, -0.2) is 11.6 Å². The van der Waals surface area contributed by atoms with E-state index < -0.39 is 0 Å². The molecule has 2 aliphatic carbocycles. The smallest absolute Gasteiger partial charge is 0.0180 e. The third-order valence-corrected chi connectivity index (χ3v) is 4.85. The van der Waals surface area contributed by atoms with E-state index in [0.717, 1.165) is 5.92 Å². The average molecular weight is 209 g/mol. The molecule has 0 aliphatic heterocycles. The summed E-state index contributed by atoms with van der Waals surface area (Å²) < 4.78 is 0. The van der Waals surface area contributed by atoms with E-state index in [1.165, 1.54) is 19.3 Å². The lowest BCUT2D eigenvalue weighted by Crippen LogP contribution is -2.56. The molecule has 2 saturated carbocycles. The first-order chi connectivity index (χ1) is 6.65. The molecule has 2 fully saturated rings. The zero-order chi connectivity index (χ0) is 11.5. The van der Waals surface area contributed by atoms with Gasteiger partial charge in [0.05, 0.1) is 0 Å². The van der Waals surface area contributed by atoms with Crippen LogP contribution >= 0.6 is 0 Å². The SMILES string of the molecule is CC(C)(C)NC1C(C)(C)[C@H]2CC[C@@]1(C)C2. The second-order valence-corrected chi connectivity index (χ2v) is 7.74. The van der Waals surface area contributed by atoms with Gasteiger partial charge in [-0.3, -0.25) is 0 Å². The summed E-state index contributed by atoms with van der Waals surface area (Å²) in [6, 6.07) is 0.698. The van der Waals surface area contributed by atoms with E-state index in [9.17, 15) is 0 Å². The summed E-state index contributed by atoms with van der Waals surface area (Å²) in [6.45, 7) is 14.3. The normalized spacial score (nSPS) is 43.6. The van der Waals surface area contributed by atoms with E-state index in [-0.39, 0.29) is 5.54 Å². The molecule has 1 heteroatoms. The minimum atomic E-state index is 0.245. The van der Waals surface area contributed by atoms with Gasteiger partial charge in [0.2, 0.25) is 0 Å². The molecule has 0 heterocycles. The molecule has 15 heavy (non-hydrogen) atoms. The van der Waals surface area contributed by atoms with Crippen LogP contribution in [0.1, 0.15) is 60.8 Å². The molecule has 0 radical (unpaired) electrons. The van der Waals surface area contributed by atoms with Crippen LogP contribution in [0.25, 0.3) is 0 Å². The van der Waals surface area contributed by atoms with Gasteiger partial charge in [-0.15, -0.1) is 0 Å². The van der Waals surface area contributed by atoms with Gasteiger partial charge in [-0.1, -0.05) is 20.8 Å². The lowest BCUT2D eigenvalue weighted by molar-refractivity contribution is 0.0869. The van der Waals surface area contributed by atoms with Gasteiger partial charge in [0.25, 0.3) is 0 Å². The molecule has 0 amide bonds. The Balaban J connectivity index is 2.23. The van der Waals surface area contributed by atoms with Crippen LogP contribution in [0.4, 0.5) is 0 Å². The number of fused-ring (bicyclic) bond motifs is 2. The Morgan fingerprint density at radius 1 is 1.13 bits per heavy atom. The third kappa shape index (κ3) is 1.73. The average Bonchev–Trinajstić information content (AvgIpc) is 2.48. The molecule has 3 atom stereocenters. The molecular weight excluding hydrogens is 182 g/mol. The van der Waals surface area contributed by atoms with Crippen LogP contribution in [0, 0.1) is 16.7 Å². The largest absolute Gasteiger partial charge is 0.308 e. The van der Waals surface area contributed by atoms with Crippen molar-refractivity contribution in [3.63, 3.8) is 0 Å². The fourth-order valence-electron chi connectivity index (χ4n) is 4.10. The Kier molecular flexibility index (Phi) is 2.29. The minimum absolute atomic E-state index is 0.245. The molecule has 0 aromatic carbocycles. The Morgan fingerprint density at radius 2 is 1.73 bits per heavy atom. The molecule has 2 aliphatic rings. The molecule has 2 rings (SSSR count). The molecule has 0 spiro atoms. The summed E-state index contributed by atoms with van der Waals surface area (Å²) in [5, 5.41) is 3.88. The maximum atomic E-state index is 3.88. The van der Waals surface area contributed by atoms with Crippen molar-refractivity contribution >= 4 is 0 Å². The first-order valence-electron chi connectivity index (χ1n) is 6.43. The van der Waals surface area contributed by atoms with Crippen LogP contribution in [-0.2, 0) is 0 Å². The van der Waals surface area contributed by atoms with Crippen molar-refractivity contribution < 1.29 is 0 Å². The molecule has 1 unspecified atom stereocenters. The topological polar surface area (TPSA) is 12.0 Å². The summed E-state index contributed by atoms with van der Waals surface area (Å²) in [5.74, 6) is 0.947. The molecular formula is C14H27N. The van der Waals surface area contributed by atoms with Gasteiger partial charge < -0.3 is 5.32 Å². The van der Waals surface area contributed by atoms with E-state index in [2.05, 4.69) is 46.9 Å². The van der Waals surface area contributed by atoms with Gasteiger partial charge in [-0.2, -0.15) is 0 Å². The molecule has 2 bridgehead atoms. The van der Waals surface area contributed by atoms with E-state index in [0.29, 0.717) is 16.9 Å². The summed E-state index contributed by atoms with van der Waals surface area (Å²) in [6.07, 6.45) is 4.31. The predicted octanol–water partition coefficient (Wildman–Crippen LogP) is 3.59. The van der Waals surface area contributed by atoms with Gasteiger partial charge in [-0.25, -0.2) is 0 Å². The Labute approximate surface area is 95.0 Å². The van der Waals surface area contributed by atoms with Gasteiger partial charge in [0, 0.05) is 11.6 Å². The van der Waals surface area contributed by atoms with E-state index in [1.807, 2.05) is 0 Å². The predicted molar refractivity (Wildman–Crippen MR) is 65.9 cm³/mol. The van der Waals surface area contributed by atoms with E-state index >= 15 is 0 Å². The number of nitrogens with one attached hydrogen (secondary N) is 1. The zero-order valence-corrected chi connectivity index (χ0v) is 11.3. The van der Waals surface area contributed by atoms with Crippen LogP contribution in [0.2, 0.25) is 0 Å². The zero-order valence-electron chi connectivity index (χ0n) is 11.3. The second-order valence-electron chi connectivity index (χ2n) is 7.74. The maximum absolute atomic E-state index is 3.88. The van der Waals surface area contributed by atoms with Gasteiger partial charge in [0.15, 0.2) is 0 Å². The maximum Gasteiger partial charge on any atom is 0.0180 e. The minimum Gasteiger partial charge on any atom is -0.308 e. The highest BCUT2D eigenvalue weighted by molar-refractivity contribution is 5.13. The highest BCUT2D eigenvalue weighted by atomic mass is 15.0. The standard InChI is InChI=1S/C14H27N/c1-12(2,3)15-11-13(4,5)10-7-8-14(11,6)9-10/h10-11,15H,7-9H2,1-6H3/t10-,11?,14-/m0/s1. The third-order valence-electron chi connectivity index (χ3n) is 4.85. The van der Waals surface area contributed by atoms with Crippen LogP contribution in [0.5, 0.6) is 0 Å². The molecule has 1 nitrogen and oxygen atoms in total. The van der Waals surface area contributed by atoms with Crippen molar-refractivity contribution in [1.82, 2.24) is 5.32 Å². The van der Waals surface area contributed by atoms with Crippen molar-refractivity contribution in [2.75, 3.05) is 0 Å². The Hall–Kier alpha value is -0.0400. The Bertz CT molecular complexity index is 256. The number of rotatable bonds is 1. The molecule has 88 valence electrons. The van der Waals surface area contributed by atoms with Crippen molar-refractivity contribution in [2.24, 2.45) is 16.7 Å². The van der Waals surface area contributed by atoms with Crippen molar-refractivity contribution in [1.29, 1.82) is 0 Å². The van der Waals surface area contributed by atoms with Gasteiger partial charge >= 0.3 is 0 Å². The van der Waals surface area contributed by atoms with Gasteiger partial charge in [0.1, 0.15) is 0 Å². The molecule has 0 aromatic heterocycles. The van der Waals surface area contributed by atoms with Crippen LogP contribution in [0.3, 0.4) is 0 Å². The molecule has 1 N–H and O–H groups in total. The fourth-order valence-corrected chi connectivity index (χ4v) is 4.10. The number of hydrogen-bond donors (Lipinski definition) is 1. The van der Waals surface area contributed by atoms with E-state index in [4.69, 9.17) is 0 Å². The molecule has 0 aromatic rings. The quantitative estimate of drug-likeness (QED) is 0.696. The fraction of sp³-hybridized carbons (Fsp3) is 1.00. The number of hydrogen-bond acceptors (Lipinski definition) is 1. The molecule has 0 saturated heterocycles. The lowest BCUT2D eigenvalue weighted by Gasteiger charge is -2.46. The van der Waals surface area contributed by atoms with E-state index in [1.54, 1.807) is 0 Å². The summed E-state index contributed by atoms with van der Waals surface area (Å²) in [7, 11) is 0. The van der Waals surface area contributed by atoms with Crippen molar-refractivity contribution in [3.05, 3.63) is 0 Å². The highest BCUT2D eigenvalue weighted by Crippen LogP contribution is 2.62. The first kappa shape index (κ1) is 11.4. The lowest BCUT2D eigenvalue weighted by atomic mass is 9.68. The second kappa shape index (κ2) is 3.00. The summed E-state index contributed by atoms with van der Waals surface area (Å²) in [5.41, 5.74) is 1.29. The van der Waals surface area contributed by atoms with Gasteiger partial charge in [-0.05, 0) is 56.8 Å². The van der Waals surface area contributed by atoms with Crippen LogP contribution < -0.4 is 5.32 Å². The van der Waals surface area contributed by atoms with Crippen molar-refractivity contribution in [3.8, 4) is 0 Å². The van der Waals surface area contributed by atoms with Crippen molar-refractivity contribution in [2.45, 2.75) is 72.4 Å². The van der Waals surface area contributed by atoms with Crippen LogP contribution in [0.15, 0.2) is 0 Å². The summed E-state index contributed by atoms with van der Waals surface area (Å²) in [4.78, 5) is 0. The monoisotopic (exact) mass is 209 g/mol. The first-order valence-corrected chi connectivity index (χ1v) is 6.43. The highest BCUT2D eigenvalue weighted by Gasteiger charge is 2.59. The summed E-state index contributed by atoms with van der Waals surface area (Å²) >= 11 is 0. The Morgan fingerprint density at radius 3 is 2.13 bits per heavy atom.